The zero-order valence-electron chi connectivity index (χ0n) is 13.2. The van der Waals surface area contributed by atoms with Gasteiger partial charge < -0.3 is 19.8 Å². The molecule has 2 fully saturated rings. The first-order chi connectivity index (χ1) is 9.71. The molecule has 2 atom stereocenters. The number of hydrogen-bond acceptors (Lipinski definition) is 5. The summed E-state index contributed by atoms with van der Waals surface area (Å²) in [6.07, 6.45) is 1.94. The molecule has 6 heteroatoms. The highest BCUT2D eigenvalue weighted by Gasteiger charge is 2.54. The minimum absolute atomic E-state index is 0.0291. The van der Waals surface area contributed by atoms with Gasteiger partial charge in [-0.25, -0.2) is 4.79 Å². The van der Waals surface area contributed by atoms with Crippen LogP contribution < -0.4 is 0 Å². The SMILES string of the molecule is CC(C)(C)OC(=O)N1CCC(O)(C2(CO)CCCSC2)C1. The molecule has 0 aromatic heterocycles. The van der Waals surface area contributed by atoms with Gasteiger partial charge in [0.05, 0.1) is 18.8 Å². The van der Waals surface area contributed by atoms with E-state index in [0.717, 1.165) is 24.3 Å². The lowest BCUT2D eigenvalue weighted by atomic mass is 9.70. The summed E-state index contributed by atoms with van der Waals surface area (Å²) < 4.78 is 5.38. The van der Waals surface area contributed by atoms with E-state index < -0.39 is 16.6 Å². The number of thioether (sulfide) groups is 1. The molecule has 0 aromatic carbocycles. The van der Waals surface area contributed by atoms with Crippen molar-refractivity contribution in [1.82, 2.24) is 4.90 Å². The van der Waals surface area contributed by atoms with Crippen molar-refractivity contribution in [2.45, 2.75) is 51.2 Å². The Hall–Kier alpha value is -0.460. The molecule has 2 heterocycles. The van der Waals surface area contributed by atoms with Gasteiger partial charge in [0.1, 0.15) is 5.60 Å². The van der Waals surface area contributed by atoms with Crippen LogP contribution >= 0.6 is 11.8 Å². The van der Waals surface area contributed by atoms with Crippen molar-refractivity contribution < 1.29 is 19.7 Å². The topological polar surface area (TPSA) is 70.0 Å². The van der Waals surface area contributed by atoms with Crippen LogP contribution in [-0.2, 0) is 4.74 Å². The molecule has 0 radical (unpaired) electrons. The van der Waals surface area contributed by atoms with Gasteiger partial charge in [0, 0.05) is 17.7 Å². The van der Waals surface area contributed by atoms with Crippen LogP contribution in [0.1, 0.15) is 40.0 Å². The second-order valence-electron chi connectivity index (χ2n) is 7.28. The molecule has 0 bridgehead atoms. The van der Waals surface area contributed by atoms with Gasteiger partial charge in [0.25, 0.3) is 0 Å². The van der Waals surface area contributed by atoms with Crippen LogP contribution in [0.5, 0.6) is 0 Å². The Labute approximate surface area is 131 Å². The van der Waals surface area contributed by atoms with Crippen LogP contribution in [0.2, 0.25) is 0 Å². The summed E-state index contributed by atoms with van der Waals surface area (Å²) in [4.78, 5) is 13.7. The summed E-state index contributed by atoms with van der Waals surface area (Å²) in [5.41, 5.74) is -2.04. The fraction of sp³-hybridized carbons (Fsp3) is 0.933. The lowest BCUT2D eigenvalue weighted by Crippen LogP contribution is -2.55. The smallest absolute Gasteiger partial charge is 0.410 e. The molecule has 0 aromatic rings. The second-order valence-corrected chi connectivity index (χ2v) is 8.38. The van der Waals surface area contributed by atoms with Crippen LogP contribution in [0.25, 0.3) is 0 Å². The molecule has 21 heavy (non-hydrogen) atoms. The summed E-state index contributed by atoms with van der Waals surface area (Å²) in [7, 11) is 0. The quantitative estimate of drug-likeness (QED) is 0.813. The van der Waals surface area contributed by atoms with Crippen molar-refractivity contribution in [3.05, 3.63) is 0 Å². The van der Waals surface area contributed by atoms with Gasteiger partial charge in [-0.05, 0) is 45.8 Å². The molecule has 2 aliphatic heterocycles. The summed E-state index contributed by atoms with van der Waals surface area (Å²) in [5, 5.41) is 20.9. The average Bonchev–Trinajstić information content (AvgIpc) is 2.82. The molecule has 2 aliphatic rings. The lowest BCUT2D eigenvalue weighted by Gasteiger charge is -2.46. The van der Waals surface area contributed by atoms with Gasteiger partial charge in [-0.15, -0.1) is 0 Å². The molecule has 2 unspecified atom stereocenters. The molecule has 2 saturated heterocycles. The number of nitrogens with zero attached hydrogens (tertiary/aromatic N) is 1. The highest BCUT2D eigenvalue weighted by atomic mass is 32.2. The number of β-amino-alcohol motifs (C(OH)–C–C–N with tert-alkyl or cyclic N) is 1. The van der Waals surface area contributed by atoms with Crippen LogP contribution in [0.4, 0.5) is 4.79 Å². The van der Waals surface area contributed by atoms with Crippen molar-refractivity contribution in [2.75, 3.05) is 31.2 Å². The Kier molecular flexibility index (Phi) is 4.81. The highest BCUT2D eigenvalue weighted by molar-refractivity contribution is 7.99. The first kappa shape index (κ1) is 16.9. The van der Waals surface area contributed by atoms with E-state index in [0.29, 0.717) is 13.0 Å². The molecular weight excluding hydrogens is 290 g/mol. The fourth-order valence-corrected chi connectivity index (χ4v) is 4.59. The number of carbonyl (C=O) groups excluding carboxylic acids is 1. The maximum absolute atomic E-state index is 12.1. The maximum Gasteiger partial charge on any atom is 0.410 e. The van der Waals surface area contributed by atoms with E-state index in [2.05, 4.69) is 0 Å². The van der Waals surface area contributed by atoms with E-state index >= 15 is 0 Å². The van der Waals surface area contributed by atoms with Crippen LogP contribution in [0.15, 0.2) is 0 Å². The van der Waals surface area contributed by atoms with Gasteiger partial charge in [-0.1, -0.05) is 0 Å². The Bertz CT molecular complexity index is 390. The van der Waals surface area contributed by atoms with E-state index in [1.54, 1.807) is 16.7 Å². The highest BCUT2D eigenvalue weighted by Crippen LogP contribution is 2.47. The molecular formula is C15H27NO4S. The third-order valence-electron chi connectivity index (χ3n) is 4.51. The third kappa shape index (κ3) is 3.48. The second kappa shape index (κ2) is 5.97. The molecule has 2 rings (SSSR count). The molecule has 0 saturated carbocycles. The number of rotatable bonds is 2. The normalized spacial score (nSPS) is 34.0. The summed E-state index contributed by atoms with van der Waals surface area (Å²) >= 11 is 1.78. The fourth-order valence-electron chi connectivity index (χ4n) is 3.20. The van der Waals surface area contributed by atoms with E-state index in [9.17, 15) is 15.0 Å². The maximum atomic E-state index is 12.1. The minimum atomic E-state index is -1.01. The Morgan fingerprint density at radius 1 is 1.38 bits per heavy atom. The Morgan fingerprint density at radius 2 is 2.10 bits per heavy atom. The molecule has 2 N–H and O–H groups in total. The summed E-state index contributed by atoms with van der Waals surface area (Å²) in [6.45, 7) is 6.21. The van der Waals surface area contributed by atoms with Gasteiger partial charge in [0.2, 0.25) is 0 Å². The van der Waals surface area contributed by atoms with Crippen LogP contribution in [-0.4, -0.2) is 63.6 Å². The number of carbonyl (C=O) groups is 1. The first-order valence-corrected chi connectivity index (χ1v) is 8.76. The zero-order chi connectivity index (χ0) is 15.7. The van der Waals surface area contributed by atoms with Crippen molar-refractivity contribution >= 4 is 17.9 Å². The number of likely N-dealkylation sites (tertiary alicyclic amines) is 1. The predicted molar refractivity (Wildman–Crippen MR) is 83.5 cm³/mol. The summed E-state index contributed by atoms with van der Waals surface area (Å²) in [5.74, 6) is 1.83. The van der Waals surface area contributed by atoms with Crippen molar-refractivity contribution in [2.24, 2.45) is 5.41 Å². The number of hydrogen-bond donors (Lipinski definition) is 2. The Balaban J connectivity index is 2.07. The van der Waals surface area contributed by atoms with Gasteiger partial charge in [-0.3, -0.25) is 0 Å². The van der Waals surface area contributed by atoms with Crippen LogP contribution in [0.3, 0.4) is 0 Å². The molecule has 0 aliphatic carbocycles. The van der Waals surface area contributed by atoms with E-state index in [1.807, 2.05) is 20.8 Å². The third-order valence-corrected chi connectivity index (χ3v) is 5.85. The lowest BCUT2D eigenvalue weighted by molar-refractivity contribution is -0.0946. The molecule has 122 valence electrons. The Morgan fingerprint density at radius 3 is 2.62 bits per heavy atom. The number of aliphatic hydroxyl groups is 2. The zero-order valence-corrected chi connectivity index (χ0v) is 14.0. The predicted octanol–water partition coefficient (Wildman–Crippen LogP) is 1.86. The summed E-state index contributed by atoms with van der Waals surface area (Å²) in [6, 6.07) is 0. The number of ether oxygens (including phenoxy) is 1. The van der Waals surface area contributed by atoms with Crippen LogP contribution in [0, 0.1) is 5.41 Å². The first-order valence-electron chi connectivity index (χ1n) is 7.60. The molecule has 1 amide bonds. The monoisotopic (exact) mass is 317 g/mol. The molecule has 5 nitrogen and oxygen atoms in total. The van der Waals surface area contributed by atoms with Crippen molar-refractivity contribution in [3.63, 3.8) is 0 Å². The van der Waals surface area contributed by atoms with E-state index in [1.165, 1.54) is 0 Å². The van der Waals surface area contributed by atoms with Gasteiger partial charge >= 0.3 is 6.09 Å². The standard InChI is InChI=1S/C15H27NO4S/c1-13(2,3)20-12(18)16-7-6-15(19,9-16)14(10-17)5-4-8-21-11-14/h17,19H,4-11H2,1-3H3. The average molecular weight is 317 g/mol. The van der Waals surface area contributed by atoms with Gasteiger partial charge in [0.15, 0.2) is 0 Å². The van der Waals surface area contributed by atoms with Gasteiger partial charge in [-0.2, -0.15) is 11.8 Å². The number of aliphatic hydroxyl groups excluding tert-OH is 1. The molecule has 0 spiro atoms. The van der Waals surface area contributed by atoms with Crippen molar-refractivity contribution in [3.8, 4) is 0 Å². The van der Waals surface area contributed by atoms with Crippen molar-refractivity contribution in [1.29, 1.82) is 0 Å². The van der Waals surface area contributed by atoms with E-state index in [-0.39, 0.29) is 19.2 Å². The number of amides is 1. The largest absolute Gasteiger partial charge is 0.444 e. The van der Waals surface area contributed by atoms with E-state index in [4.69, 9.17) is 4.74 Å². The minimum Gasteiger partial charge on any atom is -0.444 e.